The fourth-order valence-electron chi connectivity index (χ4n) is 3.42. The number of rotatable bonds is 10. The van der Waals surface area contributed by atoms with Crippen LogP contribution in [0.5, 0.6) is 11.5 Å². The molecule has 34 heavy (non-hydrogen) atoms. The lowest BCUT2D eigenvalue weighted by Crippen LogP contribution is -2.26. The van der Waals surface area contributed by atoms with Crippen LogP contribution in [0.3, 0.4) is 0 Å². The second-order valence-corrected chi connectivity index (χ2v) is 9.62. The number of benzene rings is 3. The number of carboxylic acid groups (broad SMARTS) is 1. The first-order chi connectivity index (χ1) is 16.1. The van der Waals surface area contributed by atoms with Gasteiger partial charge in [0.15, 0.2) is 9.84 Å². The maximum absolute atomic E-state index is 11.8. The fraction of sp³-hybridized carbons (Fsp3) is 0.208. The third kappa shape index (κ3) is 6.04. The van der Waals surface area contributed by atoms with Gasteiger partial charge in [-0.05, 0) is 41.5 Å². The molecule has 0 aliphatic heterocycles. The second-order valence-electron chi connectivity index (χ2n) is 7.66. The van der Waals surface area contributed by atoms with E-state index in [9.17, 15) is 23.4 Å². The van der Waals surface area contributed by atoms with Gasteiger partial charge in [0, 0.05) is 24.9 Å². The van der Waals surface area contributed by atoms with E-state index in [1.54, 1.807) is 36.4 Å². The van der Waals surface area contributed by atoms with Crippen molar-refractivity contribution in [3.05, 3.63) is 71.8 Å². The Morgan fingerprint density at radius 3 is 2.18 bits per heavy atom. The molecule has 3 aromatic rings. The van der Waals surface area contributed by atoms with E-state index in [0.29, 0.717) is 18.9 Å². The number of hydrogen-bond donors (Lipinski definition) is 5. The number of carbonyl (C=O) groups is 1. The van der Waals surface area contributed by atoms with Gasteiger partial charge in [0.2, 0.25) is 0 Å². The first kappa shape index (κ1) is 25.0. The monoisotopic (exact) mass is 486 g/mol. The molecule has 0 bridgehead atoms. The van der Waals surface area contributed by atoms with Crippen molar-refractivity contribution in [2.24, 2.45) is 0 Å². The molecule has 3 rings (SSSR count). The molecule has 0 spiro atoms. The summed E-state index contributed by atoms with van der Waals surface area (Å²) >= 11 is 0. The highest BCUT2D eigenvalue weighted by molar-refractivity contribution is 7.91. The summed E-state index contributed by atoms with van der Waals surface area (Å²) in [5.74, 6) is -0.781. The maximum atomic E-state index is 11.8. The number of nitrogen functional groups attached to an aromatic ring is 1. The van der Waals surface area contributed by atoms with Crippen molar-refractivity contribution in [1.82, 2.24) is 5.32 Å². The van der Waals surface area contributed by atoms with Crippen molar-refractivity contribution in [2.75, 3.05) is 31.7 Å². The van der Waals surface area contributed by atoms with Crippen molar-refractivity contribution in [1.29, 1.82) is 0 Å². The number of hydrogen-bond acceptors (Lipinski definition) is 8. The summed E-state index contributed by atoms with van der Waals surface area (Å²) < 4.78 is 29.4. The smallest absolute Gasteiger partial charge is 0.335 e. The third-order valence-electron chi connectivity index (χ3n) is 5.14. The molecule has 0 radical (unpaired) electrons. The molecule has 180 valence electrons. The van der Waals surface area contributed by atoms with Crippen LogP contribution in [0.15, 0.2) is 65.6 Å². The van der Waals surface area contributed by atoms with E-state index < -0.39 is 32.6 Å². The van der Waals surface area contributed by atoms with Gasteiger partial charge in [0.25, 0.3) is 0 Å². The number of aliphatic hydroxyl groups is 1. The van der Waals surface area contributed by atoms with Gasteiger partial charge in [-0.1, -0.05) is 30.3 Å². The zero-order valence-corrected chi connectivity index (χ0v) is 19.2. The highest BCUT2D eigenvalue weighted by Gasteiger charge is 2.22. The molecule has 3 aromatic carbocycles. The summed E-state index contributed by atoms with van der Waals surface area (Å²) in [6.07, 6.45) is -0.140. The summed E-state index contributed by atoms with van der Waals surface area (Å²) in [6, 6.07) is 16.5. The minimum absolute atomic E-state index is 0.104. The van der Waals surface area contributed by atoms with Crippen molar-refractivity contribution in [2.45, 2.75) is 11.0 Å². The van der Waals surface area contributed by atoms with Gasteiger partial charge >= 0.3 is 5.97 Å². The Balaban J connectivity index is 1.49. The first-order valence-corrected chi connectivity index (χ1v) is 12.2. The minimum Gasteiger partial charge on any atom is -0.507 e. The van der Waals surface area contributed by atoms with Crippen LogP contribution in [0.2, 0.25) is 0 Å². The molecule has 0 saturated carbocycles. The van der Waals surface area contributed by atoms with Crippen LogP contribution in [-0.2, 0) is 9.84 Å². The Kier molecular flexibility index (Phi) is 7.77. The lowest BCUT2D eigenvalue weighted by molar-refractivity contribution is 0.0697. The van der Waals surface area contributed by atoms with Crippen LogP contribution < -0.4 is 15.8 Å². The predicted molar refractivity (Wildman–Crippen MR) is 128 cm³/mol. The van der Waals surface area contributed by atoms with E-state index in [2.05, 4.69) is 5.32 Å². The van der Waals surface area contributed by atoms with E-state index >= 15 is 0 Å². The number of aromatic hydroxyl groups is 1. The molecular formula is C24H26N2O7S. The van der Waals surface area contributed by atoms with Crippen LogP contribution in [0, 0.1) is 0 Å². The molecule has 0 saturated heterocycles. The summed E-state index contributed by atoms with van der Waals surface area (Å²) in [5, 5.41) is 32.2. The van der Waals surface area contributed by atoms with E-state index in [1.165, 1.54) is 12.1 Å². The predicted octanol–water partition coefficient (Wildman–Crippen LogP) is 2.45. The fourth-order valence-corrected chi connectivity index (χ4v) is 4.39. The minimum atomic E-state index is -3.76. The molecule has 0 unspecified atom stereocenters. The van der Waals surface area contributed by atoms with E-state index in [1.807, 2.05) is 12.1 Å². The molecule has 0 aliphatic rings. The van der Waals surface area contributed by atoms with E-state index in [4.69, 9.17) is 15.6 Å². The van der Waals surface area contributed by atoms with Crippen LogP contribution in [0.25, 0.3) is 11.1 Å². The Bertz CT molecular complexity index is 1260. The molecule has 6 N–H and O–H groups in total. The molecule has 1 atom stereocenters. The summed E-state index contributed by atoms with van der Waals surface area (Å²) in [6.45, 7) is 0.832. The average molecular weight is 487 g/mol. The normalized spacial score (nSPS) is 12.3. The number of aromatic carboxylic acids is 1. The van der Waals surface area contributed by atoms with Gasteiger partial charge in [-0.2, -0.15) is 0 Å². The summed E-state index contributed by atoms with van der Waals surface area (Å²) in [5.41, 5.74) is 7.94. The molecule has 0 fully saturated rings. The molecule has 0 amide bonds. The van der Waals surface area contributed by atoms with Crippen molar-refractivity contribution in [3.8, 4) is 22.6 Å². The summed E-state index contributed by atoms with van der Waals surface area (Å²) in [7, 11) is -3.76. The zero-order chi connectivity index (χ0) is 24.9. The number of nitrogens with two attached hydrogens (primary N) is 1. The van der Waals surface area contributed by atoms with E-state index in [-0.39, 0.29) is 23.4 Å². The van der Waals surface area contributed by atoms with E-state index in [0.717, 1.165) is 17.4 Å². The third-order valence-corrected chi connectivity index (χ3v) is 6.31. The van der Waals surface area contributed by atoms with Crippen LogP contribution in [0.4, 0.5) is 5.69 Å². The highest BCUT2D eigenvalue weighted by atomic mass is 32.2. The topological polar surface area (TPSA) is 159 Å². The highest BCUT2D eigenvalue weighted by Crippen LogP contribution is 2.34. The van der Waals surface area contributed by atoms with Gasteiger partial charge in [0.05, 0.1) is 17.4 Å². The molecule has 0 aromatic heterocycles. The van der Waals surface area contributed by atoms with Crippen molar-refractivity contribution >= 4 is 21.5 Å². The average Bonchev–Trinajstić information content (AvgIpc) is 2.78. The first-order valence-electron chi connectivity index (χ1n) is 10.3. The summed E-state index contributed by atoms with van der Waals surface area (Å²) in [4.78, 5) is 10.6. The van der Waals surface area contributed by atoms with Gasteiger partial charge in [-0.25, -0.2) is 13.2 Å². The Hall–Kier alpha value is -3.60. The number of phenolic OH excluding ortho intramolecular Hbond substituents is 1. The molecule has 10 heteroatoms. The SMILES string of the molecule is CS(=O)(=O)c1c(O)ccc([C@@H](O)CNCCOc2ccc(-c3ccc(C(=O)O)cc3)cc2)c1N. The Morgan fingerprint density at radius 2 is 1.62 bits per heavy atom. The van der Waals surface area contributed by atoms with Crippen LogP contribution >= 0.6 is 0 Å². The Labute approximate surface area is 197 Å². The largest absolute Gasteiger partial charge is 0.507 e. The number of carboxylic acids is 1. The van der Waals surface area contributed by atoms with Crippen molar-refractivity contribution in [3.63, 3.8) is 0 Å². The van der Waals surface area contributed by atoms with Gasteiger partial charge < -0.3 is 31.1 Å². The number of aliphatic hydroxyl groups excluding tert-OH is 1. The number of phenols is 1. The number of nitrogens with one attached hydrogen (secondary N) is 1. The zero-order valence-electron chi connectivity index (χ0n) is 18.4. The lowest BCUT2D eigenvalue weighted by atomic mass is 10.0. The maximum Gasteiger partial charge on any atom is 0.335 e. The Morgan fingerprint density at radius 1 is 1.03 bits per heavy atom. The molecule has 0 heterocycles. The van der Waals surface area contributed by atoms with Gasteiger partial charge in [-0.15, -0.1) is 0 Å². The number of sulfone groups is 1. The van der Waals surface area contributed by atoms with Crippen LogP contribution in [-0.4, -0.2) is 55.7 Å². The molecule has 0 aliphatic carbocycles. The molecular weight excluding hydrogens is 460 g/mol. The number of anilines is 1. The van der Waals surface area contributed by atoms with Gasteiger partial charge in [0.1, 0.15) is 23.0 Å². The quantitative estimate of drug-likeness (QED) is 0.214. The second kappa shape index (κ2) is 10.6. The van der Waals surface area contributed by atoms with Gasteiger partial charge in [-0.3, -0.25) is 0 Å². The molecule has 9 nitrogen and oxygen atoms in total. The number of ether oxygens (including phenoxy) is 1. The lowest BCUT2D eigenvalue weighted by Gasteiger charge is -2.17. The standard InChI is InChI=1S/C24H26N2O7S/c1-34(31,32)23-20(27)11-10-19(22(23)25)21(28)14-26-12-13-33-18-8-6-16(7-9-18)15-2-4-17(5-3-15)24(29)30/h2-11,21,26-28H,12-14,25H2,1H3,(H,29,30)/t21-/m0/s1. The van der Waals surface area contributed by atoms with Crippen molar-refractivity contribution < 1.29 is 33.3 Å². The van der Waals surface area contributed by atoms with Crippen LogP contribution in [0.1, 0.15) is 22.0 Å².